The fourth-order valence-electron chi connectivity index (χ4n) is 2.44. The van der Waals surface area contributed by atoms with E-state index in [9.17, 15) is 19.7 Å². The Hall–Kier alpha value is -3.17. The van der Waals surface area contributed by atoms with Crippen LogP contribution in [0, 0.1) is 10.1 Å². The number of methoxy groups -OCH3 is 1. The lowest BCUT2D eigenvalue weighted by atomic mass is 10.2. The molecule has 10 heteroatoms. The SMILES string of the molecule is COc1ccc(NC(=O)C[NH+](C)CC(=O)Nc2ccc(Cl)cc2)c([N+](=O)[O-])c1. The van der Waals surface area contributed by atoms with E-state index in [0.29, 0.717) is 21.4 Å². The van der Waals surface area contributed by atoms with Crippen molar-refractivity contribution in [3.8, 4) is 5.75 Å². The predicted octanol–water partition coefficient (Wildman–Crippen LogP) is 1.35. The number of hydrogen-bond donors (Lipinski definition) is 3. The van der Waals surface area contributed by atoms with Gasteiger partial charge >= 0.3 is 0 Å². The third kappa shape index (κ3) is 6.22. The highest BCUT2D eigenvalue weighted by atomic mass is 35.5. The summed E-state index contributed by atoms with van der Waals surface area (Å²) in [6, 6.07) is 10.8. The summed E-state index contributed by atoms with van der Waals surface area (Å²) in [4.78, 5) is 35.4. The first-order valence-corrected chi connectivity index (χ1v) is 8.65. The predicted molar refractivity (Wildman–Crippen MR) is 105 cm³/mol. The van der Waals surface area contributed by atoms with Gasteiger partial charge in [0.2, 0.25) is 0 Å². The molecule has 3 N–H and O–H groups in total. The number of anilines is 2. The summed E-state index contributed by atoms with van der Waals surface area (Å²) in [5.74, 6) is -0.417. The zero-order chi connectivity index (χ0) is 20.7. The molecule has 0 bridgehead atoms. The number of ether oxygens (including phenoxy) is 1. The molecule has 9 nitrogen and oxygen atoms in total. The molecule has 1 atom stereocenters. The molecule has 0 aliphatic heterocycles. The maximum Gasteiger partial charge on any atom is 0.296 e. The van der Waals surface area contributed by atoms with Gasteiger partial charge in [0.05, 0.1) is 25.1 Å². The van der Waals surface area contributed by atoms with Gasteiger partial charge < -0.3 is 20.3 Å². The number of likely N-dealkylation sites (N-methyl/N-ethyl adjacent to an activating group) is 1. The summed E-state index contributed by atoms with van der Waals surface area (Å²) in [5, 5.41) is 16.9. The van der Waals surface area contributed by atoms with Crippen molar-refractivity contribution in [1.29, 1.82) is 0 Å². The minimum atomic E-state index is -0.603. The average molecular weight is 408 g/mol. The van der Waals surface area contributed by atoms with Crippen LogP contribution < -0.4 is 20.3 Å². The first kappa shape index (κ1) is 21.1. The van der Waals surface area contributed by atoms with Crippen LogP contribution in [0.5, 0.6) is 5.75 Å². The van der Waals surface area contributed by atoms with Gasteiger partial charge in [0, 0.05) is 10.7 Å². The minimum absolute atomic E-state index is 0.0424. The van der Waals surface area contributed by atoms with Crippen LogP contribution in [-0.2, 0) is 9.59 Å². The number of nitrogens with zero attached hydrogens (tertiary/aromatic N) is 1. The van der Waals surface area contributed by atoms with E-state index in [0.717, 1.165) is 0 Å². The molecule has 28 heavy (non-hydrogen) atoms. The standard InChI is InChI=1S/C18H19ClN4O5/c1-22(10-17(24)20-13-5-3-12(19)4-6-13)11-18(25)21-15-8-7-14(28-2)9-16(15)23(26)27/h3-9H,10-11H2,1-2H3,(H,20,24)(H,21,25)/p+1. The zero-order valence-corrected chi connectivity index (χ0v) is 16.1. The zero-order valence-electron chi connectivity index (χ0n) is 15.3. The van der Waals surface area contributed by atoms with E-state index < -0.39 is 10.8 Å². The molecule has 0 radical (unpaired) electrons. The highest BCUT2D eigenvalue weighted by molar-refractivity contribution is 6.30. The number of nitro groups is 1. The van der Waals surface area contributed by atoms with E-state index in [1.807, 2.05) is 0 Å². The van der Waals surface area contributed by atoms with E-state index in [1.165, 1.54) is 25.3 Å². The molecule has 2 aromatic rings. The molecule has 0 aliphatic rings. The van der Waals surface area contributed by atoms with Crippen LogP contribution in [0.25, 0.3) is 0 Å². The van der Waals surface area contributed by atoms with Crippen LogP contribution in [0.2, 0.25) is 5.02 Å². The van der Waals surface area contributed by atoms with Gasteiger partial charge in [0.1, 0.15) is 11.4 Å². The molecule has 0 aliphatic carbocycles. The van der Waals surface area contributed by atoms with Crippen LogP contribution in [0.1, 0.15) is 0 Å². The van der Waals surface area contributed by atoms with Crippen molar-refractivity contribution >= 4 is 40.5 Å². The molecular formula is C18H20ClN4O5+. The van der Waals surface area contributed by atoms with E-state index in [1.54, 1.807) is 31.3 Å². The quantitative estimate of drug-likeness (QED) is 0.451. The lowest BCUT2D eigenvalue weighted by Gasteiger charge is -2.14. The Balaban J connectivity index is 1.91. The van der Waals surface area contributed by atoms with Gasteiger partial charge in [-0.25, -0.2) is 0 Å². The van der Waals surface area contributed by atoms with E-state index in [-0.39, 0.29) is 30.4 Å². The Morgan fingerprint density at radius 3 is 2.29 bits per heavy atom. The van der Waals surface area contributed by atoms with E-state index in [4.69, 9.17) is 16.3 Å². The highest BCUT2D eigenvalue weighted by Crippen LogP contribution is 2.28. The molecular weight excluding hydrogens is 388 g/mol. The summed E-state index contributed by atoms with van der Waals surface area (Å²) in [7, 11) is 3.06. The normalized spacial score (nSPS) is 11.4. The first-order chi connectivity index (χ1) is 13.3. The van der Waals surface area contributed by atoms with Crippen molar-refractivity contribution in [1.82, 2.24) is 0 Å². The van der Waals surface area contributed by atoms with Gasteiger partial charge in [-0.1, -0.05) is 11.6 Å². The molecule has 0 aromatic heterocycles. The number of halogens is 1. The largest absolute Gasteiger partial charge is 0.496 e. The number of nitro benzene ring substituents is 1. The van der Waals surface area contributed by atoms with Crippen LogP contribution in [0.3, 0.4) is 0 Å². The van der Waals surface area contributed by atoms with Crippen molar-refractivity contribution in [3.63, 3.8) is 0 Å². The monoisotopic (exact) mass is 407 g/mol. The smallest absolute Gasteiger partial charge is 0.296 e. The third-order valence-electron chi connectivity index (χ3n) is 3.73. The lowest BCUT2D eigenvalue weighted by Crippen LogP contribution is -3.11. The Kier molecular flexibility index (Phi) is 7.30. The summed E-state index contributed by atoms with van der Waals surface area (Å²) in [6.07, 6.45) is 0. The average Bonchev–Trinajstić information content (AvgIpc) is 2.63. The van der Waals surface area contributed by atoms with Crippen LogP contribution in [0.15, 0.2) is 42.5 Å². The molecule has 0 spiro atoms. The van der Waals surface area contributed by atoms with Gasteiger partial charge in [-0.15, -0.1) is 0 Å². The number of benzene rings is 2. The summed E-state index contributed by atoms with van der Waals surface area (Å²) in [5.41, 5.74) is 0.389. The van der Waals surface area contributed by atoms with Gasteiger partial charge in [0.25, 0.3) is 17.5 Å². The number of carbonyl (C=O) groups is 2. The second-order valence-electron chi connectivity index (χ2n) is 6.05. The number of quaternary nitrogens is 1. The fraction of sp³-hybridized carbons (Fsp3) is 0.222. The van der Waals surface area contributed by atoms with Gasteiger partial charge in [0.15, 0.2) is 13.1 Å². The van der Waals surface area contributed by atoms with Crippen molar-refractivity contribution in [2.45, 2.75) is 0 Å². The molecule has 0 heterocycles. The Morgan fingerprint density at radius 2 is 1.71 bits per heavy atom. The second kappa shape index (κ2) is 9.67. The van der Waals surface area contributed by atoms with Crippen LogP contribution in [0.4, 0.5) is 17.1 Å². The van der Waals surface area contributed by atoms with Crippen molar-refractivity contribution in [2.75, 3.05) is 37.9 Å². The van der Waals surface area contributed by atoms with Crippen molar-refractivity contribution in [3.05, 3.63) is 57.6 Å². The summed E-state index contributed by atoms with van der Waals surface area (Å²) in [6.45, 7) is -0.00201. The maximum atomic E-state index is 12.2. The minimum Gasteiger partial charge on any atom is -0.496 e. The fourth-order valence-corrected chi connectivity index (χ4v) is 2.56. The number of carbonyl (C=O) groups excluding carboxylic acids is 2. The molecule has 0 fully saturated rings. The Labute approximate surface area is 166 Å². The van der Waals surface area contributed by atoms with Crippen molar-refractivity contribution < 1.29 is 24.1 Å². The highest BCUT2D eigenvalue weighted by Gasteiger charge is 2.20. The summed E-state index contributed by atoms with van der Waals surface area (Å²) < 4.78 is 4.96. The summed E-state index contributed by atoms with van der Waals surface area (Å²) >= 11 is 5.79. The van der Waals surface area contributed by atoms with E-state index >= 15 is 0 Å². The topological polar surface area (TPSA) is 115 Å². The third-order valence-corrected chi connectivity index (χ3v) is 3.98. The number of nitrogens with one attached hydrogen (secondary N) is 3. The molecule has 2 rings (SSSR count). The van der Waals surface area contributed by atoms with Crippen LogP contribution >= 0.6 is 11.6 Å². The van der Waals surface area contributed by atoms with Gasteiger partial charge in [-0.2, -0.15) is 0 Å². The molecule has 2 amide bonds. The van der Waals surface area contributed by atoms with Crippen LogP contribution in [-0.4, -0.2) is 44.0 Å². The molecule has 0 saturated carbocycles. The number of hydrogen-bond acceptors (Lipinski definition) is 5. The van der Waals surface area contributed by atoms with Crippen molar-refractivity contribution in [2.24, 2.45) is 0 Å². The number of rotatable bonds is 8. The number of amides is 2. The lowest BCUT2D eigenvalue weighted by molar-refractivity contribution is -0.862. The van der Waals surface area contributed by atoms with Gasteiger partial charge in [-0.3, -0.25) is 19.7 Å². The maximum absolute atomic E-state index is 12.2. The van der Waals surface area contributed by atoms with Gasteiger partial charge in [-0.05, 0) is 36.4 Å². The Bertz CT molecular complexity index is 873. The molecule has 1 unspecified atom stereocenters. The first-order valence-electron chi connectivity index (χ1n) is 8.27. The van der Waals surface area contributed by atoms with E-state index in [2.05, 4.69) is 10.6 Å². The molecule has 148 valence electrons. The molecule has 2 aromatic carbocycles. The second-order valence-corrected chi connectivity index (χ2v) is 6.49. The molecule has 0 saturated heterocycles. The Morgan fingerprint density at radius 1 is 1.11 bits per heavy atom.